The number of amides is 1. The van der Waals surface area contributed by atoms with Gasteiger partial charge in [-0.25, -0.2) is 0 Å². The number of carbonyl (C=O) groups excluding carboxylic acids is 1. The lowest BCUT2D eigenvalue weighted by molar-refractivity contribution is -0.253. The standard InChI is InChI=1S/C18H35NO6/c1-2-3-4-5-6-7-8-9-10-11-14(21)19-15-17(23)16(22)13(12-20)25-18(15)24/h13,15-18,20,22-24H,2-12H2,1H3,(H,19,21)/t13-,15-,16-,17-,18-/m1/s1. The third-order valence-corrected chi connectivity index (χ3v) is 4.74. The molecule has 0 unspecified atom stereocenters. The van der Waals surface area contributed by atoms with Crippen LogP contribution >= 0.6 is 0 Å². The molecule has 0 aliphatic carbocycles. The van der Waals surface area contributed by atoms with Gasteiger partial charge in [0.05, 0.1) is 6.61 Å². The Bertz CT molecular complexity index is 367. The van der Waals surface area contributed by atoms with E-state index in [0.29, 0.717) is 6.42 Å². The zero-order chi connectivity index (χ0) is 18.7. The minimum atomic E-state index is -1.46. The smallest absolute Gasteiger partial charge is 0.220 e. The number of aliphatic hydroxyl groups excluding tert-OH is 4. The maximum Gasteiger partial charge on any atom is 0.220 e. The number of rotatable bonds is 12. The van der Waals surface area contributed by atoms with Crippen LogP contribution in [0.25, 0.3) is 0 Å². The van der Waals surface area contributed by atoms with Gasteiger partial charge < -0.3 is 30.5 Å². The first-order valence-electron chi connectivity index (χ1n) is 9.61. The van der Waals surface area contributed by atoms with Crippen LogP contribution in [-0.2, 0) is 9.53 Å². The number of nitrogens with one attached hydrogen (secondary N) is 1. The number of hydrogen-bond donors (Lipinski definition) is 5. The number of carbonyl (C=O) groups is 1. The summed E-state index contributed by atoms with van der Waals surface area (Å²) in [4.78, 5) is 11.9. The summed E-state index contributed by atoms with van der Waals surface area (Å²) in [6, 6.07) is -1.09. The Morgan fingerprint density at radius 2 is 1.48 bits per heavy atom. The summed E-state index contributed by atoms with van der Waals surface area (Å²) in [6.07, 6.45) is 5.46. The quantitative estimate of drug-likeness (QED) is 0.328. The largest absolute Gasteiger partial charge is 0.394 e. The minimum Gasteiger partial charge on any atom is -0.394 e. The van der Waals surface area contributed by atoms with E-state index in [2.05, 4.69) is 12.2 Å². The van der Waals surface area contributed by atoms with Crippen LogP contribution in [0, 0.1) is 0 Å². The Hall–Kier alpha value is -0.730. The maximum absolute atomic E-state index is 11.9. The van der Waals surface area contributed by atoms with Crippen molar-refractivity contribution in [2.75, 3.05) is 6.61 Å². The fourth-order valence-electron chi connectivity index (χ4n) is 3.11. The van der Waals surface area contributed by atoms with Crippen molar-refractivity contribution in [3.63, 3.8) is 0 Å². The van der Waals surface area contributed by atoms with Gasteiger partial charge in [0.1, 0.15) is 24.4 Å². The average molecular weight is 361 g/mol. The fourth-order valence-corrected chi connectivity index (χ4v) is 3.11. The molecule has 1 amide bonds. The topological polar surface area (TPSA) is 119 Å². The molecule has 0 spiro atoms. The van der Waals surface area contributed by atoms with Gasteiger partial charge in [-0.3, -0.25) is 4.79 Å². The molecule has 1 rings (SSSR count). The average Bonchev–Trinajstić information content (AvgIpc) is 2.60. The molecule has 0 saturated carbocycles. The van der Waals surface area contributed by atoms with Crippen LogP contribution in [0.4, 0.5) is 0 Å². The van der Waals surface area contributed by atoms with Gasteiger partial charge in [-0.15, -0.1) is 0 Å². The van der Waals surface area contributed by atoms with Gasteiger partial charge in [0.2, 0.25) is 5.91 Å². The first-order valence-corrected chi connectivity index (χ1v) is 9.61. The summed E-state index contributed by atoms with van der Waals surface area (Å²) in [6.45, 7) is 1.68. The second kappa shape index (κ2) is 12.6. The molecule has 148 valence electrons. The normalized spacial score (nSPS) is 29.6. The van der Waals surface area contributed by atoms with Crippen LogP contribution in [0.3, 0.4) is 0 Å². The van der Waals surface area contributed by atoms with E-state index in [1.165, 1.54) is 38.5 Å². The lowest BCUT2D eigenvalue weighted by atomic mass is 9.97. The Morgan fingerprint density at radius 1 is 0.920 bits per heavy atom. The van der Waals surface area contributed by atoms with Crippen LogP contribution < -0.4 is 5.32 Å². The van der Waals surface area contributed by atoms with E-state index >= 15 is 0 Å². The van der Waals surface area contributed by atoms with Crippen LogP contribution in [0.5, 0.6) is 0 Å². The zero-order valence-electron chi connectivity index (χ0n) is 15.3. The molecule has 0 aromatic rings. The first kappa shape index (κ1) is 22.3. The van der Waals surface area contributed by atoms with Gasteiger partial charge in [0.15, 0.2) is 6.29 Å². The van der Waals surface area contributed by atoms with E-state index in [0.717, 1.165) is 19.3 Å². The Kier molecular flexibility index (Phi) is 11.2. The molecule has 0 aromatic carbocycles. The number of hydrogen-bond acceptors (Lipinski definition) is 6. The van der Waals surface area contributed by atoms with Crippen LogP contribution in [0.1, 0.15) is 71.1 Å². The highest BCUT2D eigenvalue weighted by Crippen LogP contribution is 2.20. The van der Waals surface area contributed by atoms with Gasteiger partial charge >= 0.3 is 0 Å². The van der Waals surface area contributed by atoms with Crippen molar-refractivity contribution < 1.29 is 30.0 Å². The number of unbranched alkanes of at least 4 members (excludes halogenated alkanes) is 8. The highest BCUT2D eigenvalue weighted by molar-refractivity contribution is 5.76. The molecule has 0 radical (unpaired) electrons. The van der Waals surface area contributed by atoms with E-state index in [-0.39, 0.29) is 5.91 Å². The Labute approximate surface area is 150 Å². The van der Waals surface area contributed by atoms with E-state index in [4.69, 9.17) is 9.84 Å². The van der Waals surface area contributed by atoms with Crippen LogP contribution in [0.2, 0.25) is 0 Å². The maximum atomic E-state index is 11.9. The van der Waals surface area contributed by atoms with Gasteiger partial charge in [0, 0.05) is 6.42 Å². The predicted octanol–water partition coefficient (Wildman–Crippen LogP) is 0.823. The van der Waals surface area contributed by atoms with Crippen molar-refractivity contribution in [1.29, 1.82) is 0 Å². The highest BCUT2D eigenvalue weighted by Gasteiger charge is 2.44. The summed E-state index contributed by atoms with van der Waals surface area (Å²) in [5.41, 5.74) is 0. The van der Waals surface area contributed by atoms with Crippen LogP contribution in [-0.4, -0.2) is 63.6 Å². The molecule has 5 N–H and O–H groups in total. The highest BCUT2D eigenvalue weighted by atomic mass is 16.6. The third-order valence-electron chi connectivity index (χ3n) is 4.74. The predicted molar refractivity (Wildman–Crippen MR) is 93.8 cm³/mol. The molecule has 5 atom stereocenters. The van der Waals surface area contributed by atoms with E-state index in [1.54, 1.807) is 0 Å². The fraction of sp³-hybridized carbons (Fsp3) is 0.944. The number of aliphatic hydroxyl groups is 4. The summed E-state index contributed by atoms with van der Waals surface area (Å²) in [5, 5.41) is 41.1. The second-order valence-electron chi connectivity index (χ2n) is 6.90. The molecule has 1 aliphatic heterocycles. The molecule has 1 aliphatic rings. The van der Waals surface area contributed by atoms with E-state index < -0.39 is 37.3 Å². The molecule has 7 nitrogen and oxygen atoms in total. The van der Waals surface area contributed by atoms with Crippen molar-refractivity contribution in [1.82, 2.24) is 5.32 Å². The Morgan fingerprint density at radius 3 is 2.04 bits per heavy atom. The molecule has 0 bridgehead atoms. The molecule has 0 aromatic heterocycles. The summed E-state index contributed by atoms with van der Waals surface area (Å²) in [5.74, 6) is -0.288. The van der Waals surface area contributed by atoms with Crippen molar-refractivity contribution >= 4 is 5.91 Å². The van der Waals surface area contributed by atoms with Gasteiger partial charge in [-0.2, -0.15) is 0 Å². The van der Waals surface area contributed by atoms with Gasteiger partial charge in [0.25, 0.3) is 0 Å². The minimum absolute atomic E-state index is 0.288. The van der Waals surface area contributed by atoms with Gasteiger partial charge in [-0.1, -0.05) is 58.3 Å². The lowest BCUT2D eigenvalue weighted by Gasteiger charge is -2.40. The molecular formula is C18H35NO6. The summed E-state index contributed by atoms with van der Waals surface area (Å²) in [7, 11) is 0. The second-order valence-corrected chi connectivity index (χ2v) is 6.90. The van der Waals surface area contributed by atoms with Crippen molar-refractivity contribution in [2.45, 2.75) is 102 Å². The molecule has 25 heavy (non-hydrogen) atoms. The lowest BCUT2D eigenvalue weighted by Crippen LogP contribution is -2.64. The summed E-state index contributed by atoms with van der Waals surface area (Å²) >= 11 is 0. The summed E-state index contributed by atoms with van der Waals surface area (Å²) < 4.78 is 5.01. The zero-order valence-corrected chi connectivity index (χ0v) is 15.3. The monoisotopic (exact) mass is 361 g/mol. The molecule has 1 heterocycles. The van der Waals surface area contributed by atoms with Crippen LogP contribution in [0.15, 0.2) is 0 Å². The van der Waals surface area contributed by atoms with Crippen molar-refractivity contribution in [2.24, 2.45) is 0 Å². The van der Waals surface area contributed by atoms with E-state index in [9.17, 15) is 20.1 Å². The molecular weight excluding hydrogens is 326 g/mol. The molecule has 1 fully saturated rings. The van der Waals surface area contributed by atoms with Crippen molar-refractivity contribution in [3.8, 4) is 0 Å². The van der Waals surface area contributed by atoms with E-state index in [1.807, 2.05) is 0 Å². The molecule has 7 heteroatoms. The third kappa shape index (κ3) is 8.00. The van der Waals surface area contributed by atoms with Crippen molar-refractivity contribution in [3.05, 3.63) is 0 Å². The Balaban J connectivity index is 2.15. The first-order chi connectivity index (χ1) is 12.0. The SMILES string of the molecule is CCCCCCCCCCCC(=O)N[C@@H]1[C@@H](O)[C@H](O)[C@@H](CO)O[C@H]1O. The number of ether oxygens (including phenoxy) is 1. The molecule has 1 saturated heterocycles. The van der Waals surface area contributed by atoms with Gasteiger partial charge in [-0.05, 0) is 6.42 Å².